The molecule has 208 valence electrons. The Kier molecular flexibility index (Phi) is 6.95. The van der Waals surface area contributed by atoms with Crippen molar-refractivity contribution < 1.29 is 13.1 Å². The lowest BCUT2D eigenvalue weighted by Crippen LogP contribution is -2.27. The van der Waals surface area contributed by atoms with E-state index in [4.69, 9.17) is 13.1 Å². The lowest BCUT2D eigenvalue weighted by atomic mass is 9.99. The zero-order chi connectivity index (χ0) is 28.6. The van der Waals surface area contributed by atoms with Crippen molar-refractivity contribution in [1.82, 2.24) is 0 Å². The van der Waals surface area contributed by atoms with Crippen LogP contribution < -0.4 is 9.41 Å². The summed E-state index contributed by atoms with van der Waals surface area (Å²) in [6.07, 6.45) is 0. The average molecular weight is 570 g/mol. The van der Waals surface area contributed by atoms with E-state index < -0.39 is 8.16 Å². The number of nitrogens with zero attached hydrogens (tertiary/aromatic N) is 1. The fraction of sp³-hybridized carbons (Fsp3) is 0.135. The van der Waals surface area contributed by atoms with E-state index in [1.807, 2.05) is 12.1 Å². The number of fused-ring (bicyclic) bond motifs is 7. The van der Waals surface area contributed by atoms with Gasteiger partial charge in [-0.3, -0.25) is 0 Å². The highest BCUT2D eigenvalue weighted by Crippen LogP contribution is 2.48. The molecule has 42 heavy (non-hydrogen) atoms. The number of hydrogen-bond acceptors (Lipinski definition) is 4. The number of methoxy groups -OCH3 is 1. The van der Waals surface area contributed by atoms with Crippen molar-refractivity contribution >= 4 is 51.6 Å². The average Bonchev–Trinajstić information content (AvgIpc) is 3.22. The van der Waals surface area contributed by atoms with Gasteiger partial charge in [0.1, 0.15) is 16.9 Å². The maximum atomic E-state index is 7.05. The van der Waals surface area contributed by atoms with Crippen LogP contribution in [0.3, 0.4) is 0 Å². The van der Waals surface area contributed by atoms with Crippen LogP contribution in [-0.2, 0) is 0 Å². The van der Waals surface area contributed by atoms with E-state index in [0.29, 0.717) is 0 Å². The molecule has 0 saturated carbocycles. The van der Waals surface area contributed by atoms with Gasteiger partial charge in [0.2, 0.25) is 0 Å². The van der Waals surface area contributed by atoms with Crippen LogP contribution >= 0.6 is 8.16 Å². The molecule has 0 fully saturated rings. The van der Waals surface area contributed by atoms with Crippen LogP contribution in [0.2, 0.25) is 0 Å². The SMILES string of the molecule is COc1ccccc1[C@H](C)N([C@@H](C)c1ccccc1)p1oc2ccc3ccccc3c2c2c(ccc3ccccc32)o1. The van der Waals surface area contributed by atoms with Gasteiger partial charge in [-0.2, -0.15) is 4.67 Å². The van der Waals surface area contributed by atoms with E-state index >= 15 is 0 Å². The lowest BCUT2D eigenvalue weighted by Gasteiger charge is -2.32. The number of benzene rings is 6. The molecule has 0 saturated heterocycles. The minimum absolute atomic E-state index is 0.0110. The van der Waals surface area contributed by atoms with Crippen LogP contribution in [0.15, 0.2) is 136 Å². The molecule has 1 aromatic heterocycles. The van der Waals surface area contributed by atoms with Crippen LogP contribution in [0.4, 0.5) is 0 Å². The first-order chi connectivity index (χ1) is 20.6. The van der Waals surface area contributed by atoms with Crippen LogP contribution in [0.25, 0.3) is 43.5 Å². The number of ether oxygens (including phenoxy) is 1. The molecule has 7 aromatic rings. The lowest BCUT2D eigenvalue weighted by molar-refractivity contribution is 0.404. The molecule has 0 aliphatic rings. The van der Waals surface area contributed by atoms with Crippen molar-refractivity contribution in [2.75, 3.05) is 11.8 Å². The number of rotatable bonds is 6. The summed E-state index contributed by atoms with van der Waals surface area (Å²) in [4.78, 5) is 0. The van der Waals surface area contributed by atoms with Crippen molar-refractivity contribution in [3.63, 3.8) is 0 Å². The Balaban J connectivity index is 1.59. The molecule has 0 N–H and O–H groups in total. The highest BCUT2D eigenvalue weighted by molar-refractivity contribution is 7.39. The fourth-order valence-corrected chi connectivity index (χ4v) is 7.80. The predicted octanol–water partition coefficient (Wildman–Crippen LogP) is 11.1. The molecule has 7 rings (SSSR count). The number of hydrogen-bond donors (Lipinski definition) is 0. The Bertz CT molecular complexity index is 1990. The second kappa shape index (κ2) is 11.1. The van der Waals surface area contributed by atoms with Crippen molar-refractivity contribution in [1.29, 1.82) is 0 Å². The summed E-state index contributed by atoms with van der Waals surface area (Å²) >= 11 is 0. The van der Waals surface area contributed by atoms with Gasteiger partial charge in [-0.15, -0.1) is 0 Å². The molecule has 4 nitrogen and oxygen atoms in total. The van der Waals surface area contributed by atoms with E-state index in [1.54, 1.807) is 7.11 Å². The van der Waals surface area contributed by atoms with Gasteiger partial charge in [0.15, 0.2) is 0 Å². The normalized spacial score (nSPS) is 13.1. The van der Waals surface area contributed by atoms with Crippen LogP contribution in [-0.4, -0.2) is 7.11 Å². The molecule has 0 radical (unpaired) electrons. The monoisotopic (exact) mass is 569 g/mol. The maximum Gasteiger partial charge on any atom is 0.310 e. The van der Waals surface area contributed by atoms with Gasteiger partial charge in [-0.25, -0.2) is 0 Å². The van der Waals surface area contributed by atoms with E-state index in [-0.39, 0.29) is 12.1 Å². The Hall–Kier alpha value is -4.50. The van der Waals surface area contributed by atoms with Gasteiger partial charge in [-0.1, -0.05) is 109 Å². The van der Waals surface area contributed by atoms with Gasteiger partial charge in [0.25, 0.3) is 0 Å². The highest BCUT2D eigenvalue weighted by atomic mass is 31.1. The van der Waals surface area contributed by atoms with Crippen LogP contribution in [0.5, 0.6) is 5.75 Å². The third-order valence-electron chi connectivity index (χ3n) is 8.24. The molecule has 0 bridgehead atoms. The summed E-state index contributed by atoms with van der Waals surface area (Å²) in [6.45, 7) is 4.43. The van der Waals surface area contributed by atoms with E-state index in [1.165, 1.54) is 16.3 Å². The van der Waals surface area contributed by atoms with Gasteiger partial charge in [0.05, 0.1) is 7.11 Å². The quantitative estimate of drug-likeness (QED) is 0.200. The van der Waals surface area contributed by atoms with Crippen molar-refractivity contribution in [2.45, 2.75) is 25.9 Å². The Morgan fingerprint density at radius 3 is 1.69 bits per heavy atom. The highest BCUT2D eigenvalue weighted by Gasteiger charge is 2.30. The second-order valence-electron chi connectivity index (χ2n) is 10.6. The molecule has 0 aliphatic heterocycles. The van der Waals surface area contributed by atoms with E-state index in [9.17, 15) is 0 Å². The first-order valence-corrected chi connectivity index (χ1v) is 15.4. The Labute approximate surface area is 246 Å². The molecular formula is C37H32NO3P. The standard InChI is InChI=1S/C37H32NO3P/c1-25(27-13-5-4-6-14-27)38(26(2)30-17-11-12-20-33(30)39-3)42-40-34-23-21-28-15-7-9-18-31(28)36(34)37-32-19-10-8-16-29(32)22-24-35(37)41-42/h4-26H,1-3H3/t25-,26-/m0/s1. The topological polar surface area (TPSA) is 38.8 Å². The fourth-order valence-electron chi connectivity index (χ4n) is 6.11. The van der Waals surface area contributed by atoms with Crippen LogP contribution in [0.1, 0.15) is 37.1 Å². The predicted molar refractivity (Wildman–Crippen MR) is 176 cm³/mol. The summed E-state index contributed by atoms with van der Waals surface area (Å²) in [5.74, 6) is 0.845. The van der Waals surface area contributed by atoms with Crippen molar-refractivity contribution in [2.24, 2.45) is 0 Å². The van der Waals surface area contributed by atoms with Crippen molar-refractivity contribution in [3.8, 4) is 5.75 Å². The van der Waals surface area contributed by atoms with E-state index in [0.717, 1.165) is 44.0 Å². The Morgan fingerprint density at radius 2 is 1.10 bits per heavy atom. The molecular weight excluding hydrogens is 537 g/mol. The molecule has 0 unspecified atom stereocenters. The molecule has 1 heterocycles. The van der Waals surface area contributed by atoms with E-state index in [2.05, 4.69) is 134 Å². The third kappa shape index (κ3) is 4.54. The molecule has 0 amide bonds. The second-order valence-corrected chi connectivity index (χ2v) is 11.9. The van der Waals surface area contributed by atoms with Gasteiger partial charge < -0.3 is 13.1 Å². The summed E-state index contributed by atoms with van der Waals surface area (Å²) in [5, 5.41) is 6.77. The summed E-state index contributed by atoms with van der Waals surface area (Å²) in [7, 11) is 0.114. The van der Waals surface area contributed by atoms with Gasteiger partial charge in [-0.05, 0) is 59.2 Å². The first kappa shape index (κ1) is 26.4. The zero-order valence-electron chi connectivity index (χ0n) is 23.9. The van der Waals surface area contributed by atoms with Gasteiger partial charge in [0, 0.05) is 28.4 Å². The summed E-state index contributed by atoms with van der Waals surface area (Å²) in [6, 6.07) is 44.2. The summed E-state index contributed by atoms with van der Waals surface area (Å²) < 4.78 is 22.3. The molecule has 5 heteroatoms. The van der Waals surface area contributed by atoms with Gasteiger partial charge >= 0.3 is 8.16 Å². The smallest absolute Gasteiger partial charge is 0.310 e. The molecule has 2 atom stereocenters. The largest absolute Gasteiger partial charge is 0.496 e. The summed E-state index contributed by atoms with van der Waals surface area (Å²) in [5.41, 5.74) is 3.93. The maximum absolute atomic E-state index is 7.05. The molecule has 0 spiro atoms. The van der Waals surface area contributed by atoms with Crippen molar-refractivity contribution in [3.05, 3.63) is 139 Å². The first-order valence-electron chi connectivity index (χ1n) is 14.3. The zero-order valence-corrected chi connectivity index (χ0v) is 24.8. The molecule has 0 aliphatic carbocycles. The third-order valence-corrected chi connectivity index (χ3v) is 10.0. The number of para-hydroxylation sites is 1. The van der Waals surface area contributed by atoms with Crippen LogP contribution in [0, 0.1) is 0 Å². The Morgan fingerprint density at radius 1 is 0.571 bits per heavy atom. The minimum Gasteiger partial charge on any atom is -0.496 e. The molecule has 6 aromatic carbocycles. The minimum atomic E-state index is -1.61.